The number of carbonyl (C=O) groups is 1. The van der Waals surface area contributed by atoms with Crippen molar-refractivity contribution < 1.29 is 4.79 Å². The van der Waals surface area contributed by atoms with E-state index in [-0.39, 0.29) is 5.24 Å². The maximum Gasteiger partial charge on any atom is 0.294 e. The second-order valence-electron chi connectivity index (χ2n) is 1.37. The highest BCUT2D eigenvalue weighted by Crippen LogP contribution is 2.08. The highest BCUT2D eigenvalue weighted by Gasteiger charge is 2.13. The van der Waals surface area contributed by atoms with Crippen LogP contribution in [0.2, 0.25) is 0 Å². The van der Waals surface area contributed by atoms with E-state index in [1.807, 2.05) is 7.05 Å². The van der Waals surface area contributed by atoms with Gasteiger partial charge in [-0.2, -0.15) is 0 Å². The normalized spacial score (nSPS) is 22.7. The molecule has 1 rings (SSSR count). The molecule has 0 saturated carbocycles. The summed E-state index contributed by atoms with van der Waals surface area (Å²) in [7, 11) is 1.83. The Labute approximate surface area is 46.0 Å². The van der Waals surface area contributed by atoms with Crippen molar-refractivity contribution in [3.63, 3.8) is 0 Å². The zero-order chi connectivity index (χ0) is 5.28. The molecule has 1 amide bonds. The summed E-state index contributed by atoms with van der Waals surface area (Å²) in [6.45, 7) is 0. The lowest BCUT2D eigenvalue weighted by Gasteiger charge is -2.01. The van der Waals surface area contributed by atoms with Crippen LogP contribution >= 0.6 is 11.8 Å². The summed E-state index contributed by atoms with van der Waals surface area (Å²) in [4.78, 5) is 10.3. The van der Waals surface area contributed by atoms with Gasteiger partial charge < -0.3 is 0 Å². The van der Waals surface area contributed by atoms with Crippen LogP contribution in [0.25, 0.3) is 0 Å². The molecule has 0 unspecified atom stereocenters. The number of nitrogens with zero attached hydrogens (tertiary/aromatic N) is 1. The van der Waals surface area contributed by atoms with E-state index in [0.29, 0.717) is 0 Å². The average Bonchev–Trinajstić information content (AvgIpc) is 1.87. The van der Waals surface area contributed by atoms with Gasteiger partial charge in [0.05, 0.1) is 5.88 Å². The smallest absolute Gasteiger partial charge is 0.279 e. The van der Waals surface area contributed by atoms with Gasteiger partial charge in [-0.25, -0.2) is 5.01 Å². The van der Waals surface area contributed by atoms with Crippen LogP contribution in [-0.2, 0) is 0 Å². The largest absolute Gasteiger partial charge is 0.294 e. The number of hydrogen-bond donors (Lipinski definition) is 1. The lowest BCUT2D eigenvalue weighted by Crippen LogP contribution is -2.27. The van der Waals surface area contributed by atoms with E-state index in [2.05, 4.69) is 5.43 Å². The number of hydrogen-bond acceptors (Lipinski definition) is 3. The fraction of sp³-hybridized carbons (Fsp3) is 0.667. The second-order valence-corrected chi connectivity index (χ2v) is 2.29. The quantitative estimate of drug-likeness (QED) is 0.494. The van der Waals surface area contributed by atoms with Gasteiger partial charge in [-0.3, -0.25) is 10.2 Å². The molecule has 4 heteroatoms. The Morgan fingerprint density at radius 1 is 2.00 bits per heavy atom. The van der Waals surface area contributed by atoms with Gasteiger partial charge in [0, 0.05) is 7.05 Å². The highest BCUT2D eigenvalue weighted by atomic mass is 32.2. The molecule has 0 aromatic heterocycles. The van der Waals surface area contributed by atoms with Crippen molar-refractivity contribution in [3.8, 4) is 0 Å². The third kappa shape index (κ3) is 1.07. The van der Waals surface area contributed by atoms with E-state index in [1.54, 1.807) is 5.01 Å². The predicted molar refractivity (Wildman–Crippen MR) is 28.8 cm³/mol. The standard InChI is InChI=1S/C3H6N2OS/c1-5-2-7-3(6)4-5/h2H2,1H3,(H,4,6). The maximum absolute atomic E-state index is 10.3. The van der Waals surface area contributed by atoms with Gasteiger partial charge in [-0.1, -0.05) is 0 Å². The Morgan fingerprint density at radius 2 is 2.71 bits per heavy atom. The third-order valence-corrected chi connectivity index (χ3v) is 1.54. The van der Waals surface area contributed by atoms with Gasteiger partial charge in [-0.05, 0) is 11.8 Å². The van der Waals surface area contributed by atoms with E-state index < -0.39 is 0 Å². The van der Waals surface area contributed by atoms with Gasteiger partial charge in [0.25, 0.3) is 5.24 Å². The minimum absolute atomic E-state index is 0.0440. The Balaban J connectivity index is 2.40. The summed E-state index contributed by atoms with van der Waals surface area (Å²) in [5.74, 6) is 0.763. The molecule has 0 aromatic rings. The number of amides is 1. The van der Waals surface area contributed by atoms with E-state index in [1.165, 1.54) is 11.8 Å². The van der Waals surface area contributed by atoms with Crippen LogP contribution in [0.4, 0.5) is 4.79 Å². The number of thioether (sulfide) groups is 1. The molecular weight excluding hydrogens is 112 g/mol. The zero-order valence-electron chi connectivity index (χ0n) is 3.97. The van der Waals surface area contributed by atoms with Crippen LogP contribution in [0.5, 0.6) is 0 Å². The first-order valence-electron chi connectivity index (χ1n) is 1.93. The molecule has 7 heavy (non-hydrogen) atoms. The average molecular weight is 118 g/mol. The molecule has 1 saturated heterocycles. The predicted octanol–water partition coefficient (Wildman–Crippen LogP) is 0.247. The van der Waals surface area contributed by atoms with E-state index in [0.717, 1.165) is 5.88 Å². The van der Waals surface area contributed by atoms with Gasteiger partial charge in [0.15, 0.2) is 0 Å². The second kappa shape index (κ2) is 1.71. The van der Waals surface area contributed by atoms with Crippen molar-refractivity contribution in [2.24, 2.45) is 0 Å². The van der Waals surface area contributed by atoms with Crippen molar-refractivity contribution in [2.45, 2.75) is 0 Å². The molecule has 0 aliphatic carbocycles. The zero-order valence-corrected chi connectivity index (χ0v) is 4.79. The lowest BCUT2D eigenvalue weighted by atomic mass is 11.1. The summed E-state index contributed by atoms with van der Waals surface area (Å²) in [5.41, 5.74) is 2.57. The monoisotopic (exact) mass is 118 g/mol. The van der Waals surface area contributed by atoms with Crippen LogP contribution in [0.1, 0.15) is 0 Å². The lowest BCUT2D eigenvalue weighted by molar-refractivity contribution is 0.239. The van der Waals surface area contributed by atoms with Crippen molar-refractivity contribution >= 4 is 17.0 Å². The number of hydrazine groups is 1. The van der Waals surface area contributed by atoms with Crippen molar-refractivity contribution in [1.82, 2.24) is 10.4 Å². The van der Waals surface area contributed by atoms with Gasteiger partial charge in [0.2, 0.25) is 0 Å². The summed E-state index contributed by atoms with van der Waals surface area (Å²) in [6, 6.07) is 0. The number of carbonyl (C=O) groups excluding carboxylic acids is 1. The molecule has 1 aliphatic rings. The van der Waals surface area contributed by atoms with Crippen LogP contribution in [0, 0.1) is 0 Å². The SMILES string of the molecule is CN1CSC(=O)N1. The van der Waals surface area contributed by atoms with Crippen molar-refractivity contribution in [1.29, 1.82) is 0 Å². The minimum atomic E-state index is 0.0440. The molecule has 3 nitrogen and oxygen atoms in total. The van der Waals surface area contributed by atoms with Crippen LogP contribution in [0.15, 0.2) is 0 Å². The molecule has 0 radical (unpaired) electrons. The highest BCUT2D eigenvalue weighted by molar-refractivity contribution is 8.13. The fourth-order valence-corrected chi connectivity index (χ4v) is 0.972. The number of nitrogens with one attached hydrogen (secondary N) is 1. The maximum atomic E-state index is 10.3. The van der Waals surface area contributed by atoms with Gasteiger partial charge in [-0.15, -0.1) is 0 Å². The van der Waals surface area contributed by atoms with E-state index in [4.69, 9.17) is 0 Å². The van der Waals surface area contributed by atoms with E-state index >= 15 is 0 Å². The fourth-order valence-electron chi connectivity index (χ4n) is 0.376. The first-order valence-corrected chi connectivity index (χ1v) is 2.92. The van der Waals surface area contributed by atoms with Gasteiger partial charge in [0.1, 0.15) is 0 Å². The molecule has 1 N–H and O–H groups in total. The molecule has 1 heterocycles. The van der Waals surface area contributed by atoms with Gasteiger partial charge >= 0.3 is 0 Å². The Hall–Kier alpha value is -0.220. The van der Waals surface area contributed by atoms with E-state index in [9.17, 15) is 4.79 Å². The van der Waals surface area contributed by atoms with Crippen LogP contribution in [0.3, 0.4) is 0 Å². The Morgan fingerprint density at radius 3 is 2.86 bits per heavy atom. The molecule has 0 spiro atoms. The summed E-state index contributed by atoms with van der Waals surface area (Å²) >= 11 is 1.28. The number of rotatable bonds is 0. The summed E-state index contributed by atoms with van der Waals surface area (Å²) in [6.07, 6.45) is 0. The van der Waals surface area contributed by atoms with Crippen molar-refractivity contribution in [2.75, 3.05) is 12.9 Å². The molecule has 1 fully saturated rings. The molecule has 0 bridgehead atoms. The summed E-state index contributed by atoms with van der Waals surface area (Å²) < 4.78 is 0. The third-order valence-electron chi connectivity index (χ3n) is 0.671. The Bertz CT molecular complexity index is 94.9. The Kier molecular flexibility index (Phi) is 1.21. The first-order chi connectivity index (χ1) is 3.29. The summed E-state index contributed by atoms with van der Waals surface area (Å²) in [5, 5.41) is 1.79. The molecule has 1 aliphatic heterocycles. The molecule has 0 atom stereocenters. The molecule has 40 valence electrons. The molecular formula is C3H6N2OS. The minimum Gasteiger partial charge on any atom is -0.279 e. The van der Waals surface area contributed by atoms with Crippen LogP contribution in [-0.4, -0.2) is 23.2 Å². The first kappa shape index (κ1) is 4.93. The topological polar surface area (TPSA) is 32.3 Å². The van der Waals surface area contributed by atoms with Crippen LogP contribution < -0.4 is 5.43 Å². The molecule has 0 aromatic carbocycles. The van der Waals surface area contributed by atoms with Crippen molar-refractivity contribution in [3.05, 3.63) is 0 Å².